The average Bonchev–Trinajstić information content (AvgIpc) is 2.29. The minimum Gasteiger partial charge on any atom is -0.342 e. The molecule has 1 saturated carbocycles. The number of terminal acetylenes is 1. The van der Waals surface area contributed by atoms with Crippen molar-refractivity contribution in [1.82, 2.24) is 5.32 Å². The van der Waals surface area contributed by atoms with Gasteiger partial charge < -0.3 is 11.1 Å². The number of nitrogens with two attached hydrogens (primary N) is 1. The number of amides is 1. The Kier molecular flexibility index (Phi) is 4.16. The first-order valence-electron chi connectivity index (χ1n) is 5.62. The molecule has 3 nitrogen and oxygen atoms in total. The molecule has 1 fully saturated rings. The fourth-order valence-corrected chi connectivity index (χ4v) is 2.14. The van der Waals surface area contributed by atoms with Gasteiger partial charge in [0, 0.05) is 6.54 Å². The predicted molar refractivity (Wildman–Crippen MR) is 61.0 cm³/mol. The number of hydrogen-bond acceptors (Lipinski definition) is 2. The number of hydrogen-bond donors (Lipinski definition) is 2. The maximum atomic E-state index is 12.0. The summed E-state index contributed by atoms with van der Waals surface area (Å²) in [5, 5.41) is 2.84. The van der Waals surface area contributed by atoms with E-state index in [-0.39, 0.29) is 17.4 Å². The average molecular weight is 208 g/mol. The Morgan fingerprint density at radius 3 is 2.60 bits per heavy atom. The van der Waals surface area contributed by atoms with Gasteiger partial charge in [0.05, 0.1) is 11.5 Å². The smallest absolute Gasteiger partial charge is 0.228 e. The monoisotopic (exact) mass is 208 g/mol. The lowest BCUT2D eigenvalue weighted by Crippen LogP contribution is -2.49. The Bertz CT molecular complexity index is 261. The second-order valence-corrected chi connectivity index (χ2v) is 4.41. The van der Waals surface area contributed by atoms with Gasteiger partial charge in [0.1, 0.15) is 0 Å². The van der Waals surface area contributed by atoms with Crippen LogP contribution in [0.5, 0.6) is 0 Å². The molecule has 3 N–H and O–H groups in total. The highest BCUT2D eigenvalue weighted by Crippen LogP contribution is 2.35. The van der Waals surface area contributed by atoms with Gasteiger partial charge in [-0.2, -0.15) is 0 Å². The summed E-state index contributed by atoms with van der Waals surface area (Å²) in [6.45, 7) is 2.24. The van der Waals surface area contributed by atoms with Gasteiger partial charge in [-0.1, -0.05) is 25.2 Å². The highest BCUT2D eigenvalue weighted by atomic mass is 16.2. The molecule has 0 aliphatic heterocycles. The number of nitrogens with one attached hydrogen (secondary N) is 1. The first-order chi connectivity index (χ1) is 7.14. The molecule has 0 bridgehead atoms. The van der Waals surface area contributed by atoms with Crippen LogP contribution in [-0.2, 0) is 4.79 Å². The minimum absolute atomic E-state index is 0.0372. The lowest BCUT2D eigenvalue weighted by atomic mass is 9.73. The fourth-order valence-electron chi connectivity index (χ4n) is 2.14. The molecule has 0 aromatic heterocycles. The van der Waals surface area contributed by atoms with E-state index in [0.717, 1.165) is 25.7 Å². The number of rotatable bonds is 3. The SMILES string of the molecule is C#CC(C)NC(=O)C1(CN)CCCCC1. The predicted octanol–water partition coefficient (Wildman–Crippen LogP) is 1.03. The molecule has 1 amide bonds. The van der Waals surface area contributed by atoms with Crippen molar-refractivity contribution < 1.29 is 4.79 Å². The van der Waals surface area contributed by atoms with Crippen molar-refractivity contribution >= 4 is 5.91 Å². The van der Waals surface area contributed by atoms with Gasteiger partial charge in [0.2, 0.25) is 5.91 Å². The molecule has 1 unspecified atom stereocenters. The highest BCUT2D eigenvalue weighted by Gasteiger charge is 2.38. The zero-order chi connectivity index (χ0) is 11.3. The summed E-state index contributed by atoms with van der Waals surface area (Å²) in [4.78, 5) is 12.0. The van der Waals surface area contributed by atoms with Crippen molar-refractivity contribution in [3.63, 3.8) is 0 Å². The Morgan fingerprint density at radius 2 is 2.13 bits per heavy atom. The Hall–Kier alpha value is -1.01. The maximum absolute atomic E-state index is 12.0. The van der Waals surface area contributed by atoms with Crippen LogP contribution in [0.4, 0.5) is 0 Å². The van der Waals surface area contributed by atoms with E-state index in [4.69, 9.17) is 12.2 Å². The Labute approximate surface area is 91.8 Å². The summed E-state index contributed by atoms with van der Waals surface area (Å²) in [5.74, 6) is 2.54. The van der Waals surface area contributed by atoms with Crippen molar-refractivity contribution in [3.05, 3.63) is 0 Å². The molecule has 0 spiro atoms. The second kappa shape index (κ2) is 5.18. The lowest BCUT2D eigenvalue weighted by Gasteiger charge is -2.35. The van der Waals surface area contributed by atoms with Gasteiger partial charge in [-0.15, -0.1) is 6.42 Å². The van der Waals surface area contributed by atoms with Crippen molar-refractivity contribution in [2.24, 2.45) is 11.1 Å². The van der Waals surface area contributed by atoms with Gasteiger partial charge in [-0.05, 0) is 19.8 Å². The molecular weight excluding hydrogens is 188 g/mol. The van der Waals surface area contributed by atoms with Crippen LogP contribution in [0.15, 0.2) is 0 Å². The largest absolute Gasteiger partial charge is 0.342 e. The van der Waals surface area contributed by atoms with Crippen LogP contribution in [0.1, 0.15) is 39.0 Å². The van der Waals surface area contributed by atoms with Gasteiger partial charge >= 0.3 is 0 Å². The quantitative estimate of drug-likeness (QED) is 0.681. The van der Waals surface area contributed by atoms with Crippen LogP contribution in [0.25, 0.3) is 0 Å². The number of carbonyl (C=O) groups is 1. The molecular formula is C12H20N2O. The van der Waals surface area contributed by atoms with Crippen LogP contribution < -0.4 is 11.1 Å². The van der Waals surface area contributed by atoms with Gasteiger partial charge in [0.25, 0.3) is 0 Å². The molecule has 0 aromatic rings. The molecule has 1 rings (SSSR count). The molecule has 84 valence electrons. The van der Waals surface area contributed by atoms with Crippen LogP contribution in [0.3, 0.4) is 0 Å². The first kappa shape index (κ1) is 12.1. The van der Waals surface area contributed by atoms with Gasteiger partial charge in [0.15, 0.2) is 0 Å². The fraction of sp³-hybridized carbons (Fsp3) is 0.750. The third-order valence-corrected chi connectivity index (χ3v) is 3.28. The van der Waals surface area contributed by atoms with Crippen LogP contribution in [-0.4, -0.2) is 18.5 Å². The molecule has 15 heavy (non-hydrogen) atoms. The third kappa shape index (κ3) is 2.73. The van der Waals surface area contributed by atoms with Gasteiger partial charge in [-0.3, -0.25) is 4.79 Å². The zero-order valence-corrected chi connectivity index (χ0v) is 9.38. The first-order valence-corrected chi connectivity index (χ1v) is 5.62. The molecule has 1 aliphatic carbocycles. The van der Waals surface area contributed by atoms with Crippen LogP contribution >= 0.6 is 0 Å². The summed E-state index contributed by atoms with van der Waals surface area (Å²) in [7, 11) is 0. The van der Waals surface area contributed by atoms with E-state index in [2.05, 4.69) is 11.2 Å². The van der Waals surface area contributed by atoms with Crippen molar-refractivity contribution in [3.8, 4) is 12.3 Å². The summed E-state index contributed by atoms with van der Waals surface area (Å²) in [5.41, 5.74) is 5.39. The van der Waals surface area contributed by atoms with E-state index < -0.39 is 0 Å². The highest BCUT2D eigenvalue weighted by molar-refractivity contribution is 5.83. The van der Waals surface area contributed by atoms with E-state index in [1.807, 2.05) is 6.92 Å². The Balaban J connectivity index is 2.64. The minimum atomic E-state index is -0.358. The van der Waals surface area contributed by atoms with Gasteiger partial charge in [-0.25, -0.2) is 0 Å². The molecule has 1 atom stereocenters. The van der Waals surface area contributed by atoms with Crippen molar-refractivity contribution in [2.45, 2.75) is 45.1 Å². The topological polar surface area (TPSA) is 55.1 Å². The zero-order valence-electron chi connectivity index (χ0n) is 9.38. The summed E-state index contributed by atoms with van der Waals surface area (Å²) in [6.07, 6.45) is 10.4. The molecule has 0 aromatic carbocycles. The van der Waals surface area contributed by atoms with E-state index >= 15 is 0 Å². The van der Waals surface area contributed by atoms with Crippen LogP contribution in [0, 0.1) is 17.8 Å². The van der Waals surface area contributed by atoms with E-state index in [1.54, 1.807) is 0 Å². The molecule has 1 aliphatic rings. The normalized spacial score (nSPS) is 21.4. The Morgan fingerprint density at radius 1 is 1.53 bits per heavy atom. The second-order valence-electron chi connectivity index (χ2n) is 4.41. The molecule has 0 heterocycles. The molecule has 3 heteroatoms. The molecule has 0 radical (unpaired) electrons. The lowest BCUT2D eigenvalue weighted by molar-refractivity contribution is -0.132. The van der Waals surface area contributed by atoms with E-state index in [1.165, 1.54) is 6.42 Å². The molecule has 0 saturated heterocycles. The number of carbonyl (C=O) groups excluding carboxylic acids is 1. The van der Waals surface area contributed by atoms with Crippen molar-refractivity contribution in [1.29, 1.82) is 0 Å². The summed E-state index contributed by atoms with van der Waals surface area (Å²) in [6, 6.07) is -0.206. The maximum Gasteiger partial charge on any atom is 0.228 e. The van der Waals surface area contributed by atoms with E-state index in [9.17, 15) is 4.79 Å². The third-order valence-electron chi connectivity index (χ3n) is 3.28. The van der Waals surface area contributed by atoms with Crippen molar-refractivity contribution in [2.75, 3.05) is 6.54 Å². The van der Waals surface area contributed by atoms with Crippen LogP contribution in [0.2, 0.25) is 0 Å². The summed E-state index contributed by atoms with van der Waals surface area (Å²) >= 11 is 0. The van der Waals surface area contributed by atoms with E-state index in [0.29, 0.717) is 6.54 Å². The summed E-state index contributed by atoms with van der Waals surface area (Å²) < 4.78 is 0. The standard InChI is InChI=1S/C12H20N2O/c1-3-10(2)14-11(15)12(9-13)7-5-4-6-8-12/h1,10H,4-9,13H2,2H3,(H,14,15).